The molecule has 0 aliphatic heterocycles. The molecular weight excluding hydrogens is 182 g/mol. The van der Waals surface area contributed by atoms with Crippen molar-refractivity contribution < 1.29 is 5.11 Å². The molecule has 0 saturated carbocycles. The third-order valence-electron chi connectivity index (χ3n) is 1.54. The number of rotatable bonds is 2. The van der Waals surface area contributed by atoms with Crippen LogP contribution in [0.1, 0.15) is 5.69 Å². The molecular formula is C8H7N5O. The number of aliphatic hydroxyl groups excluding tert-OH is 1. The summed E-state index contributed by atoms with van der Waals surface area (Å²) in [5.74, 6) is 0.361. The second-order valence-corrected chi connectivity index (χ2v) is 2.53. The number of hydrogen-bond acceptors (Lipinski definition) is 5. The molecule has 0 fully saturated rings. The molecule has 70 valence electrons. The van der Waals surface area contributed by atoms with Gasteiger partial charge in [0.25, 0.3) is 0 Å². The molecule has 2 aromatic rings. The molecule has 0 aliphatic rings. The number of aromatic nitrogens is 5. The third kappa shape index (κ3) is 1.45. The fraction of sp³-hybridized carbons (Fsp3) is 0. The normalized spacial score (nSPS) is 10.0. The Morgan fingerprint density at radius 1 is 1.36 bits per heavy atom. The first kappa shape index (κ1) is 8.36. The maximum atomic E-state index is 9.04. The molecule has 6 nitrogen and oxygen atoms in total. The third-order valence-corrected chi connectivity index (χ3v) is 1.54. The highest BCUT2D eigenvalue weighted by Gasteiger charge is 2.04. The van der Waals surface area contributed by atoms with Gasteiger partial charge in [-0.2, -0.15) is 5.10 Å². The van der Waals surface area contributed by atoms with Crippen molar-refractivity contribution in [1.29, 1.82) is 0 Å². The maximum absolute atomic E-state index is 9.04. The Balaban J connectivity index is 2.39. The van der Waals surface area contributed by atoms with Gasteiger partial charge < -0.3 is 5.11 Å². The van der Waals surface area contributed by atoms with Gasteiger partial charge in [-0.1, -0.05) is 6.58 Å². The van der Waals surface area contributed by atoms with Gasteiger partial charge in [-0.05, 0) is 0 Å². The minimum atomic E-state index is -0.125. The van der Waals surface area contributed by atoms with E-state index in [1.807, 2.05) is 0 Å². The molecule has 1 N–H and O–H groups in total. The molecule has 0 spiro atoms. The van der Waals surface area contributed by atoms with Crippen molar-refractivity contribution in [3.8, 4) is 5.82 Å². The highest BCUT2D eigenvalue weighted by molar-refractivity contribution is 5.49. The lowest BCUT2D eigenvalue weighted by Gasteiger charge is -1.94. The first-order valence-electron chi connectivity index (χ1n) is 3.84. The average Bonchev–Trinajstić information content (AvgIpc) is 2.68. The van der Waals surface area contributed by atoms with Crippen LogP contribution in [0.3, 0.4) is 0 Å². The quantitative estimate of drug-likeness (QED) is 0.699. The van der Waals surface area contributed by atoms with E-state index in [1.165, 1.54) is 23.4 Å². The predicted molar refractivity (Wildman–Crippen MR) is 48.6 cm³/mol. The van der Waals surface area contributed by atoms with E-state index < -0.39 is 0 Å². The molecule has 6 heteroatoms. The van der Waals surface area contributed by atoms with Crippen molar-refractivity contribution in [2.45, 2.75) is 0 Å². The lowest BCUT2D eigenvalue weighted by molar-refractivity contribution is 0.509. The first-order chi connectivity index (χ1) is 6.77. The van der Waals surface area contributed by atoms with E-state index >= 15 is 0 Å². The summed E-state index contributed by atoms with van der Waals surface area (Å²) in [4.78, 5) is 9.12. The fourth-order valence-electron chi connectivity index (χ4n) is 0.900. The van der Waals surface area contributed by atoms with Gasteiger partial charge in [0.1, 0.15) is 11.5 Å². The second-order valence-electron chi connectivity index (χ2n) is 2.53. The van der Waals surface area contributed by atoms with Crippen LogP contribution in [0, 0.1) is 0 Å². The fourth-order valence-corrected chi connectivity index (χ4v) is 0.900. The zero-order chi connectivity index (χ0) is 9.97. The van der Waals surface area contributed by atoms with Crippen molar-refractivity contribution in [2.24, 2.45) is 0 Å². The van der Waals surface area contributed by atoms with Crippen molar-refractivity contribution in [1.82, 2.24) is 25.0 Å². The minimum Gasteiger partial charge on any atom is -0.506 e. The Kier molecular flexibility index (Phi) is 1.94. The Labute approximate surface area is 79.6 Å². The average molecular weight is 189 g/mol. The summed E-state index contributed by atoms with van der Waals surface area (Å²) in [7, 11) is 0. The Hall–Kier alpha value is -2.24. The molecule has 0 radical (unpaired) electrons. The van der Waals surface area contributed by atoms with Gasteiger partial charge in [-0.25, -0.2) is 4.98 Å². The van der Waals surface area contributed by atoms with Gasteiger partial charge in [0.05, 0.1) is 12.4 Å². The molecule has 0 atom stereocenters. The molecule has 0 unspecified atom stereocenters. The lowest BCUT2D eigenvalue weighted by Crippen LogP contribution is -2.01. The molecule has 2 heterocycles. The Morgan fingerprint density at radius 2 is 2.21 bits per heavy atom. The summed E-state index contributed by atoms with van der Waals surface area (Å²) in [6.07, 6.45) is 6.01. The van der Waals surface area contributed by atoms with Crippen LogP contribution in [-0.2, 0) is 0 Å². The standard InChI is InChI=1S/C8H7N5O/c1-6(14)7-4-11-13(12-7)8-5-9-2-3-10-8/h2-5,14H,1H2. The topological polar surface area (TPSA) is 76.7 Å². The second kappa shape index (κ2) is 3.25. The molecule has 2 rings (SSSR count). The number of aliphatic hydroxyl groups is 1. The summed E-state index contributed by atoms with van der Waals surface area (Å²) in [5.41, 5.74) is 0.315. The van der Waals surface area contributed by atoms with Crippen LogP contribution in [0.4, 0.5) is 0 Å². The van der Waals surface area contributed by atoms with Gasteiger partial charge in [0, 0.05) is 12.4 Å². The van der Waals surface area contributed by atoms with Crippen LogP contribution in [0.15, 0.2) is 31.4 Å². The lowest BCUT2D eigenvalue weighted by atomic mass is 10.4. The SMILES string of the molecule is C=C(O)c1cnn(-c2cnccn2)n1. The molecule has 0 amide bonds. The minimum absolute atomic E-state index is 0.125. The Morgan fingerprint density at radius 3 is 2.79 bits per heavy atom. The van der Waals surface area contributed by atoms with Crippen LogP contribution in [0.5, 0.6) is 0 Å². The highest BCUT2D eigenvalue weighted by atomic mass is 16.3. The smallest absolute Gasteiger partial charge is 0.192 e. The summed E-state index contributed by atoms with van der Waals surface area (Å²) < 4.78 is 0. The van der Waals surface area contributed by atoms with Crippen molar-refractivity contribution >= 4 is 5.76 Å². The molecule has 0 bridgehead atoms. The monoisotopic (exact) mass is 189 g/mol. The molecule has 0 aliphatic carbocycles. The van der Waals surface area contributed by atoms with Crippen LogP contribution < -0.4 is 0 Å². The van der Waals surface area contributed by atoms with Gasteiger partial charge in [0.15, 0.2) is 5.82 Å². The van der Waals surface area contributed by atoms with Crippen LogP contribution >= 0.6 is 0 Å². The van der Waals surface area contributed by atoms with E-state index in [1.54, 1.807) is 6.20 Å². The van der Waals surface area contributed by atoms with E-state index in [2.05, 4.69) is 26.7 Å². The molecule has 2 aromatic heterocycles. The number of hydrogen-bond donors (Lipinski definition) is 1. The van der Waals surface area contributed by atoms with E-state index in [9.17, 15) is 0 Å². The van der Waals surface area contributed by atoms with Crippen LogP contribution in [0.25, 0.3) is 11.6 Å². The van der Waals surface area contributed by atoms with Crippen LogP contribution in [0.2, 0.25) is 0 Å². The van der Waals surface area contributed by atoms with Gasteiger partial charge in [0.2, 0.25) is 0 Å². The summed E-state index contributed by atoms with van der Waals surface area (Å²) in [6.45, 7) is 3.34. The van der Waals surface area contributed by atoms with E-state index in [-0.39, 0.29) is 5.76 Å². The van der Waals surface area contributed by atoms with Gasteiger partial charge in [-0.15, -0.1) is 9.90 Å². The van der Waals surface area contributed by atoms with E-state index in [4.69, 9.17) is 5.11 Å². The highest BCUT2D eigenvalue weighted by Crippen LogP contribution is 2.04. The van der Waals surface area contributed by atoms with Crippen molar-refractivity contribution in [3.05, 3.63) is 37.1 Å². The van der Waals surface area contributed by atoms with Gasteiger partial charge in [-0.3, -0.25) is 4.98 Å². The molecule has 0 aromatic carbocycles. The summed E-state index contributed by atoms with van der Waals surface area (Å²) >= 11 is 0. The van der Waals surface area contributed by atoms with Gasteiger partial charge >= 0.3 is 0 Å². The van der Waals surface area contributed by atoms with E-state index in [0.29, 0.717) is 11.5 Å². The summed E-state index contributed by atoms with van der Waals surface area (Å²) in [5, 5.41) is 16.9. The molecule has 14 heavy (non-hydrogen) atoms. The largest absolute Gasteiger partial charge is 0.506 e. The zero-order valence-electron chi connectivity index (χ0n) is 7.20. The summed E-state index contributed by atoms with van der Waals surface area (Å²) in [6, 6.07) is 0. The maximum Gasteiger partial charge on any atom is 0.192 e. The number of nitrogens with zero attached hydrogens (tertiary/aromatic N) is 5. The predicted octanol–water partition coefficient (Wildman–Crippen LogP) is 0.586. The van der Waals surface area contributed by atoms with Crippen molar-refractivity contribution in [3.63, 3.8) is 0 Å². The van der Waals surface area contributed by atoms with Crippen molar-refractivity contribution in [2.75, 3.05) is 0 Å². The molecule has 0 saturated heterocycles. The van der Waals surface area contributed by atoms with E-state index in [0.717, 1.165) is 0 Å². The zero-order valence-corrected chi connectivity index (χ0v) is 7.20. The van der Waals surface area contributed by atoms with Crippen LogP contribution in [-0.4, -0.2) is 30.1 Å². The Bertz CT molecular complexity index is 450. The first-order valence-corrected chi connectivity index (χ1v) is 3.84.